The van der Waals surface area contributed by atoms with Crippen LogP contribution >= 0.6 is 0 Å². The summed E-state index contributed by atoms with van der Waals surface area (Å²) >= 11 is 0. The van der Waals surface area contributed by atoms with E-state index < -0.39 is 0 Å². The highest BCUT2D eigenvalue weighted by atomic mass is 16.5. The van der Waals surface area contributed by atoms with Crippen molar-refractivity contribution in [3.05, 3.63) is 22.3 Å². The normalized spacial score (nSPS) is 18.7. The molecular formula is C19H29NO2. The molecule has 1 aromatic rings. The van der Waals surface area contributed by atoms with Crippen molar-refractivity contribution < 1.29 is 9.47 Å². The van der Waals surface area contributed by atoms with Crippen LogP contribution in [0, 0.1) is 5.92 Å². The zero-order valence-electron chi connectivity index (χ0n) is 14.5. The van der Waals surface area contributed by atoms with Gasteiger partial charge in [-0.1, -0.05) is 20.3 Å². The molecule has 1 aromatic carbocycles. The van der Waals surface area contributed by atoms with E-state index in [9.17, 15) is 0 Å². The van der Waals surface area contributed by atoms with Crippen molar-refractivity contribution in [2.24, 2.45) is 5.92 Å². The van der Waals surface area contributed by atoms with Crippen molar-refractivity contribution in [2.45, 2.75) is 52.5 Å². The number of ether oxygens (including phenoxy) is 2. The first-order valence-corrected chi connectivity index (χ1v) is 8.69. The predicted molar refractivity (Wildman–Crippen MR) is 90.0 cm³/mol. The third kappa shape index (κ3) is 2.60. The van der Waals surface area contributed by atoms with Crippen molar-refractivity contribution in [3.63, 3.8) is 0 Å². The minimum atomic E-state index is 0.773. The number of hydrogen-bond acceptors (Lipinski definition) is 3. The summed E-state index contributed by atoms with van der Waals surface area (Å²) in [5, 5.41) is 0. The zero-order chi connectivity index (χ0) is 15.7. The molecule has 1 atom stereocenters. The van der Waals surface area contributed by atoms with Gasteiger partial charge in [-0.05, 0) is 42.7 Å². The first-order chi connectivity index (χ1) is 10.7. The Hall–Kier alpha value is -1.22. The van der Waals surface area contributed by atoms with E-state index in [1.807, 2.05) is 0 Å². The minimum Gasteiger partial charge on any atom is -0.493 e. The van der Waals surface area contributed by atoms with Gasteiger partial charge in [0.2, 0.25) is 0 Å². The van der Waals surface area contributed by atoms with Gasteiger partial charge in [-0.3, -0.25) is 4.90 Å². The van der Waals surface area contributed by atoms with Gasteiger partial charge < -0.3 is 9.47 Å². The average Bonchev–Trinajstić information content (AvgIpc) is 3.02. The summed E-state index contributed by atoms with van der Waals surface area (Å²) in [5.41, 5.74) is 5.91. The van der Waals surface area contributed by atoms with E-state index in [-0.39, 0.29) is 0 Å². The van der Waals surface area contributed by atoms with E-state index in [4.69, 9.17) is 9.47 Å². The molecule has 0 fully saturated rings. The molecule has 1 aliphatic heterocycles. The highest BCUT2D eigenvalue weighted by Crippen LogP contribution is 2.45. The Morgan fingerprint density at radius 1 is 0.955 bits per heavy atom. The van der Waals surface area contributed by atoms with Crippen molar-refractivity contribution >= 4 is 0 Å². The van der Waals surface area contributed by atoms with Gasteiger partial charge in [-0.25, -0.2) is 0 Å². The molecule has 3 heteroatoms. The SMILES string of the molecule is CCC(C)CN1CCc2c(c3c(c(OC)c2OC)CCC3)C1. The minimum absolute atomic E-state index is 0.773. The Bertz CT molecular complexity index is 553. The van der Waals surface area contributed by atoms with Crippen LogP contribution in [0.25, 0.3) is 0 Å². The molecule has 3 nitrogen and oxygen atoms in total. The van der Waals surface area contributed by atoms with E-state index in [2.05, 4.69) is 18.7 Å². The molecule has 3 rings (SSSR count). The second-order valence-corrected chi connectivity index (χ2v) is 6.83. The number of methoxy groups -OCH3 is 2. The molecule has 0 spiro atoms. The van der Waals surface area contributed by atoms with Crippen LogP contribution in [0.1, 0.15) is 48.9 Å². The van der Waals surface area contributed by atoms with E-state index >= 15 is 0 Å². The predicted octanol–water partition coefficient (Wildman–Crippen LogP) is 3.60. The summed E-state index contributed by atoms with van der Waals surface area (Å²) in [7, 11) is 3.56. The number of hydrogen-bond donors (Lipinski definition) is 0. The lowest BCUT2D eigenvalue weighted by Gasteiger charge is -2.33. The summed E-state index contributed by atoms with van der Waals surface area (Å²) in [5.74, 6) is 2.78. The van der Waals surface area contributed by atoms with Crippen molar-refractivity contribution in [1.29, 1.82) is 0 Å². The van der Waals surface area contributed by atoms with Gasteiger partial charge in [0.1, 0.15) is 0 Å². The van der Waals surface area contributed by atoms with Crippen LogP contribution in [0.5, 0.6) is 11.5 Å². The first-order valence-electron chi connectivity index (χ1n) is 8.69. The van der Waals surface area contributed by atoms with Gasteiger partial charge in [0.15, 0.2) is 11.5 Å². The molecule has 0 N–H and O–H groups in total. The van der Waals surface area contributed by atoms with Gasteiger partial charge in [0.05, 0.1) is 14.2 Å². The molecule has 0 radical (unpaired) electrons. The van der Waals surface area contributed by atoms with Crippen LogP contribution < -0.4 is 9.47 Å². The molecule has 0 saturated carbocycles. The Kier molecular flexibility index (Phi) is 4.62. The maximum Gasteiger partial charge on any atom is 0.164 e. The summed E-state index contributed by atoms with van der Waals surface area (Å²) in [6.07, 6.45) is 5.92. The third-order valence-corrected chi connectivity index (χ3v) is 5.44. The van der Waals surface area contributed by atoms with Crippen LogP contribution in [-0.4, -0.2) is 32.2 Å². The van der Waals surface area contributed by atoms with Gasteiger partial charge >= 0.3 is 0 Å². The van der Waals surface area contributed by atoms with Gasteiger partial charge in [0.25, 0.3) is 0 Å². The van der Waals surface area contributed by atoms with Crippen LogP contribution in [0.3, 0.4) is 0 Å². The fourth-order valence-electron chi connectivity index (χ4n) is 4.11. The van der Waals surface area contributed by atoms with Crippen molar-refractivity contribution in [1.82, 2.24) is 4.90 Å². The summed E-state index contributed by atoms with van der Waals surface area (Å²) < 4.78 is 11.5. The van der Waals surface area contributed by atoms with Crippen LogP contribution in [-0.2, 0) is 25.8 Å². The van der Waals surface area contributed by atoms with E-state index in [1.165, 1.54) is 36.9 Å². The molecule has 1 aliphatic carbocycles. The molecule has 22 heavy (non-hydrogen) atoms. The molecule has 2 aliphatic rings. The molecule has 122 valence electrons. The largest absolute Gasteiger partial charge is 0.493 e. The quantitative estimate of drug-likeness (QED) is 0.829. The topological polar surface area (TPSA) is 21.7 Å². The zero-order valence-corrected chi connectivity index (χ0v) is 14.5. The maximum atomic E-state index is 5.75. The van der Waals surface area contributed by atoms with E-state index in [0.717, 1.165) is 43.3 Å². The number of rotatable bonds is 5. The smallest absolute Gasteiger partial charge is 0.164 e. The van der Waals surface area contributed by atoms with E-state index in [0.29, 0.717) is 0 Å². The maximum absolute atomic E-state index is 5.75. The molecule has 1 unspecified atom stereocenters. The lowest BCUT2D eigenvalue weighted by Crippen LogP contribution is -2.34. The Morgan fingerprint density at radius 3 is 2.23 bits per heavy atom. The molecule has 0 aromatic heterocycles. The van der Waals surface area contributed by atoms with Crippen LogP contribution in [0.2, 0.25) is 0 Å². The monoisotopic (exact) mass is 303 g/mol. The first kappa shape index (κ1) is 15.7. The van der Waals surface area contributed by atoms with Gasteiger partial charge in [-0.2, -0.15) is 0 Å². The highest BCUT2D eigenvalue weighted by Gasteiger charge is 2.31. The number of benzene rings is 1. The highest BCUT2D eigenvalue weighted by molar-refractivity contribution is 5.62. The summed E-state index contributed by atoms with van der Waals surface area (Å²) in [4.78, 5) is 2.63. The van der Waals surface area contributed by atoms with Crippen LogP contribution in [0.15, 0.2) is 0 Å². The van der Waals surface area contributed by atoms with Gasteiger partial charge in [0, 0.05) is 30.8 Å². The molecule has 0 bridgehead atoms. The fourth-order valence-corrected chi connectivity index (χ4v) is 4.11. The Balaban J connectivity index is 1.99. The standard InChI is InChI=1S/C19H29NO2/c1-5-13(2)11-20-10-9-16-17(12-20)14-7-6-8-15(14)18(21-3)19(16)22-4/h13H,5-12H2,1-4H3. The van der Waals surface area contributed by atoms with Crippen molar-refractivity contribution in [2.75, 3.05) is 27.3 Å². The molecule has 0 saturated heterocycles. The van der Waals surface area contributed by atoms with Crippen molar-refractivity contribution in [3.8, 4) is 11.5 Å². The average molecular weight is 303 g/mol. The van der Waals surface area contributed by atoms with E-state index in [1.54, 1.807) is 25.3 Å². The third-order valence-electron chi connectivity index (χ3n) is 5.44. The second-order valence-electron chi connectivity index (χ2n) is 6.83. The molecular weight excluding hydrogens is 274 g/mol. The fraction of sp³-hybridized carbons (Fsp3) is 0.684. The lowest BCUT2D eigenvalue weighted by molar-refractivity contribution is 0.214. The van der Waals surface area contributed by atoms with Gasteiger partial charge in [-0.15, -0.1) is 0 Å². The Labute approximate surface area is 134 Å². The summed E-state index contributed by atoms with van der Waals surface area (Å²) in [6, 6.07) is 0. The number of nitrogens with zero attached hydrogens (tertiary/aromatic N) is 1. The second kappa shape index (κ2) is 6.49. The lowest BCUT2D eigenvalue weighted by atomic mass is 9.90. The molecule has 1 heterocycles. The summed E-state index contributed by atoms with van der Waals surface area (Å²) in [6.45, 7) is 8.07. The van der Waals surface area contributed by atoms with Crippen LogP contribution in [0.4, 0.5) is 0 Å². The Morgan fingerprint density at radius 2 is 1.59 bits per heavy atom. The molecule has 0 amide bonds. The number of fused-ring (bicyclic) bond motifs is 3.